The molecule has 19 heavy (non-hydrogen) atoms. The summed E-state index contributed by atoms with van der Waals surface area (Å²) in [5, 5.41) is 2.47. The van der Waals surface area contributed by atoms with Gasteiger partial charge in [0.15, 0.2) is 9.84 Å². The van der Waals surface area contributed by atoms with E-state index in [1.54, 1.807) is 0 Å². The molecule has 0 spiro atoms. The molecule has 0 fully saturated rings. The number of benzene rings is 1. The quantitative estimate of drug-likeness (QED) is 0.587. The number of ether oxygens (including phenoxy) is 1. The van der Waals surface area contributed by atoms with Gasteiger partial charge in [0.25, 0.3) is 0 Å². The predicted molar refractivity (Wildman–Crippen MR) is 72.8 cm³/mol. The molecule has 0 radical (unpaired) electrons. The Morgan fingerprint density at radius 2 is 2.16 bits per heavy atom. The van der Waals surface area contributed by atoms with Gasteiger partial charge in [0.2, 0.25) is 5.91 Å². The summed E-state index contributed by atoms with van der Waals surface area (Å²) >= 11 is 5.80. The lowest BCUT2D eigenvalue weighted by molar-refractivity contribution is -0.118. The van der Waals surface area contributed by atoms with Gasteiger partial charge >= 0.3 is 0 Å². The topological polar surface area (TPSA) is 98.5 Å². The monoisotopic (exact) mass is 306 g/mol. The first-order valence-corrected chi connectivity index (χ1v) is 7.43. The molecule has 3 N–H and O–H groups in total. The number of halogens is 1. The van der Waals surface area contributed by atoms with Gasteiger partial charge in [-0.15, -0.1) is 0 Å². The van der Waals surface area contributed by atoms with Crippen LogP contribution in [0.1, 0.15) is 0 Å². The number of nitrogens with two attached hydrogens (primary N) is 1. The number of methoxy groups -OCH3 is 1. The summed E-state index contributed by atoms with van der Waals surface area (Å²) in [7, 11) is -2.33. The highest BCUT2D eigenvalue weighted by molar-refractivity contribution is 7.92. The molecule has 106 valence electrons. The number of carbonyl (C=O) groups is 1. The van der Waals surface area contributed by atoms with Crippen LogP contribution in [0.25, 0.3) is 0 Å². The molecule has 1 amide bonds. The van der Waals surface area contributed by atoms with Crippen molar-refractivity contribution in [1.29, 1.82) is 0 Å². The van der Waals surface area contributed by atoms with Crippen molar-refractivity contribution in [2.45, 2.75) is 4.90 Å². The van der Waals surface area contributed by atoms with E-state index in [9.17, 15) is 13.2 Å². The smallest absolute Gasteiger partial charge is 0.235 e. The first kappa shape index (κ1) is 15.7. The summed E-state index contributed by atoms with van der Waals surface area (Å²) < 4.78 is 28.8. The van der Waals surface area contributed by atoms with Gasteiger partial charge in [-0.3, -0.25) is 4.79 Å². The molecule has 0 heterocycles. The van der Waals surface area contributed by atoms with Crippen LogP contribution in [0, 0.1) is 0 Å². The minimum absolute atomic E-state index is 0.0406. The predicted octanol–water partition coefficient (Wildman–Crippen LogP) is 0.459. The summed E-state index contributed by atoms with van der Waals surface area (Å²) in [6.45, 7) is 0.556. The third kappa shape index (κ3) is 4.70. The van der Waals surface area contributed by atoms with Crippen molar-refractivity contribution in [2.75, 3.05) is 31.7 Å². The van der Waals surface area contributed by atoms with E-state index in [-0.39, 0.29) is 22.2 Å². The summed E-state index contributed by atoms with van der Waals surface area (Å²) in [6.07, 6.45) is 0. The molecule has 6 nitrogen and oxygen atoms in total. The Bertz CT molecular complexity index is 560. The minimum Gasteiger partial charge on any atom is -0.399 e. The number of hydrogen-bond acceptors (Lipinski definition) is 5. The average Bonchev–Trinajstić information content (AvgIpc) is 2.32. The normalized spacial score (nSPS) is 11.3. The Kier molecular flexibility index (Phi) is 5.59. The summed E-state index contributed by atoms with van der Waals surface area (Å²) in [5.41, 5.74) is 5.78. The maximum atomic E-state index is 12.0. The van der Waals surface area contributed by atoms with Crippen molar-refractivity contribution in [3.63, 3.8) is 0 Å². The van der Waals surface area contributed by atoms with Gasteiger partial charge in [-0.25, -0.2) is 8.42 Å². The Morgan fingerprint density at radius 3 is 2.79 bits per heavy atom. The molecule has 1 aromatic carbocycles. The molecule has 1 rings (SSSR count). The molecular formula is C11H15ClN2O4S. The van der Waals surface area contributed by atoms with Crippen molar-refractivity contribution in [3.05, 3.63) is 23.2 Å². The minimum atomic E-state index is -3.81. The van der Waals surface area contributed by atoms with Crippen LogP contribution >= 0.6 is 11.6 Å². The highest BCUT2D eigenvalue weighted by Gasteiger charge is 2.22. The van der Waals surface area contributed by atoms with Crippen LogP contribution in [0.3, 0.4) is 0 Å². The fourth-order valence-corrected chi connectivity index (χ4v) is 3.11. The second kappa shape index (κ2) is 6.74. The zero-order chi connectivity index (χ0) is 14.5. The Labute approximate surface area is 116 Å². The maximum Gasteiger partial charge on any atom is 0.235 e. The van der Waals surface area contributed by atoms with Crippen LogP contribution in [-0.4, -0.2) is 40.3 Å². The van der Waals surface area contributed by atoms with E-state index in [1.807, 2.05) is 0 Å². The SMILES string of the molecule is COCCNC(=O)CS(=O)(=O)c1cc(N)ccc1Cl. The molecule has 0 atom stereocenters. The second-order valence-electron chi connectivity index (χ2n) is 3.79. The molecule has 0 aromatic heterocycles. The number of sulfone groups is 1. The summed E-state index contributed by atoms with van der Waals surface area (Å²) in [6, 6.07) is 4.10. The standard InChI is InChI=1S/C11H15ClN2O4S/c1-18-5-4-14-11(15)7-19(16,17)10-6-8(13)2-3-9(10)12/h2-3,6H,4-5,7,13H2,1H3,(H,14,15). The van der Waals surface area contributed by atoms with Gasteiger partial charge in [0.1, 0.15) is 5.75 Å². The van der Waals surface area contributed by atoms with Gasteiger partial charge in [-0.1, -0.05) is 11.6 Å². The molecule has 0 saturated carbocycles. The first-order chi connectivity index (χ1) is 8.86. The summed E-state index contributed by atoms with van der Waals surface area (Å²) in [5.74, 6) is -1.30. The van der Waals surface area contributed by atoms with Crippen molar-refractivity contribution >= 4 is 33.0 Å². The highest BCUT2D eigenvalue weighted by atomic mass is 35.5. The van der Waals surface area contributed by atoms with E-state index in [4.69, 9.17) is 22.1 Å². The fraction of sp³-hybridized carbons (Fsp3) is 0.364. The van der Waals surface area contributed by atoms with E-state index >= 15 is 0 Å². The number of amides is 1. The van der Waals surface area contributed by atoms with Crippen LogP contribution in [0.5, 0.6) is 0 Å². The maximum absolute atomic E-state index is 12.0. The lowest BCUT2D eigenvalue weighted by Gasteiger charge is -2.08. The molecule has 0 saturated heterocycles. The number of rotatable bonds is 6. The number of nitrogen functional groups attached to an aromatic ring is 1. The fourth-order valence-electron chi connectivity index (χ4n) is 1.35. The van der Waals surface area contributed by atoms with Crippen LogP contribution in [0.2, 0.25) is 5.02 Å². The zero-order valence-electron chi connectivity index (χ0n) is 10.3. The van der Waals surface area contributed by atoms with E-state index in [0.717, 1.165) is 0 Å². The third-order valence-corrected chi connectivity index (χ3v) is 4.33. The largest absolute Gasteiger partial charge is 0.399 e. The van der Waals surface area contributed by atoms with Crippen LogP contribution in [0.4, 0.5) is 5.69 Å². The van der Waals surface area contributed by atoms with Crippen molar-refractivity contribution in [2.24, 2.45) is 0 Å². The Morgan fingerprint density at radius 1 is 1.47 bits per heavy atom. The molecule has 1 aromatic rings. The molecule has 0 bridgehead atoms. The van der Waals surface area contributed by atoms with Crippen molar-refractivity contribution in [3.8, 4) is 0 Å². The molecule has 0 aliphatic heterocycles. The molecule has 0 aliphatic carbocycles. The molecular weight excluding hydrogens is 292 g/mol. The van der Waals surface area contributed by atoms with E-state index in [0.29, 0.717) is 6.61 Å². The van der Waals surface area contributed by atoms with Gasteiger partial charge in [0, 0.05) is 19.3 Å². The van der Waals surface area contributed by atoms with Crippen LogP contribution < -0.4 is 11.1 Å². The Balaban J connectivity index is 2.81. The zero-order valence-corrected chi connectivity index (χ0v) is 11.9. The van der Waals surface area contributed by atoms with E-state index in [2.05, 4.69) is 5.32 Å². The van der Waals surface area contributed by atoms with E-state index in [1.165, 1.54) is 25.3 Å². The van der Waals surface area contributed by atoms with Crippen molar-refractivity contribution < 1.29 is 17.9 Å². The van der Waals surface area contributed by atoms with E-state index < -0.39 is 21.5 Å². The average molecular weight is 307 g/mol. The van der Waals surface area contributed by atoms with Crippen LogP contribution in [-0.2, 0) is 19.4 Å². The highest BCUT2D eigenvalue weighted by Crippen LogP contribution is 2.24. The summed E-state index contributed by atoms with van der Waals surface area (Å²) in [4.78, 5) is 11.3. The molecule has 0 unspecified atom stereocenters. The van der Waals surface area contributed by atoms with Crippen molar-refractivity contribution in [1.82, 2.24) is 5.32 Å². The lowest BCUT2D eigenvalue weighted by atomic mass is 10.3. The molecule has 8 heteroatoms. The first-order valence-electron chi connectivity index (χ1n) is 5.40. The number of hydrogen-bond donors (Lipinski definition) is 2. The van der Waals surface area contributed by atoms with Gasteiger partial charge < -0.3 is 15.8 Å². The lowest BCUT2D eigenvalue weighted by Crippen LogP contribution is -2.32. The van der Waals surface area contributed by atoms with Gasteiger partial charge in [-0.05, 0) is 18.2 Å². The number of nitrogens with one attached hydrogen (secondary N) is 1. The third-order valence-electron chi connectivity index (χ3n) is 2.24. The van der Waals surface area contributed by atoms with Gasteiger partial charge in [-0.2, -0.15) is 0 Å². The number of carbonyl (C=O) groups excluding carboxylic acids is 1. The Hall–Kier alpha value is -1.31. The van der Waals surface area contributed by atoms with Crippen LogP contribution in [0.15, 0.2) is 23.1 Å². The van der Waals surface area contributed by atoms with Gasteiger partial charge in [0.05, 0.1) is 16.5 Å². The second-order valence-corrected chi connectivity index (χ2v) is 6.16. The number of anilines is 1. The molecule has 0 aliphatic rings.